The molecule has 0 N–H and O–H groups in total. The van der Waals surface area contributed by atoms with Gasteiger partial charge in [-0.15, -0.1) is 0 Å². The van der Waals surface area contributed by atoms with Gasteiger partial charge in [-0.2, -0.15) is 0 Å². The molecular formula is C28H34. The van der Waals surface area contributed by atoms with Crippen LogP contribution < -0.4 is 0 Å². The average Bonchev–Trinajstić information content (AvgIpc) is 2.74. The molecule has 4 rings (SSSR count). The Balaban J connectivity index is 2.02. The molecule has 0 aromatic heterocycles. The van der Waals surface area contributed by atoms with Crippen LogP contribution >= 0.6 is 0 Å². The highest BCUT2D eigenvalue weighted by atomic mass is 14.2. The van der Waals surface area contributed by atoms with Gasteiger partial charge in [0.05, 0.1) is 0 Å². The lowest BCUT2D eigenvalue weighted by Crippen LogP contribution is -1.97. The first-order valence-corrected chi connectivity index (χ1v) is 11.5. The van der Waals surface area contributed by atoms with Gasteiger partial charge >= 0.3 is 0 Å². The van der Waals surface area contributed by atoms with Crippen LogP contribution in [-0.4, -0.2) is 0 Å². The Labute approximate surface area is 170 Å². The zero-order chi connectivity index (χ0) is 19.5. The molecule has 0 amide bonds. The van der Waals surface area contributed by atoms with Gasteiger partial charge in [-0.05, 0) is 87.5 Å². The summed E-state index contributed by atoms with van der Waals surface area (Å²) >= 11 is 0. The molecule has 0 nitrogen and oxygen atoms in total. The Morgan fingerprint density at radius 3 is 1.54 bits per heavy atom. The standard InChI is InChI=1S/C28H34/c1-4-7-10-20-13-14-21-15-16-25-22(11-8-5-2)19-23(12-9-6-3)26-18-17-24(20)27(21)28(25)26/h13-19H,4-12H2,1-3H3. The van der Waals surface area contributed by atoms with Crippen LogP contribution in [0.15, 0.2) is 42.5 Å². The van der Waals surface area contributed by atoms with Crippen molar-refractivity contribution in [2.45, 2.75) is 78.6 Å². The number of hydrogen-bond donors (Lipinski definition) is 0. The van der Waals surface area contributed by atoms with E-state index in [0.717, 1.165) is 0 Å². The smallest absolute Gasteiger partial charge is 0.00212 e. The Morgan fingerprint density at radius 1 is 0.500 bits per heavy atom. The molecule has 0 saturated heterocycles. The first-order chi connectivity index (χ1) is 13.8. The Kier molecular flexibility index (Phi) is 5.85. The molecule has 0 fully saturated rings. The molecule has 0 heterocycles. The molecule has 28 heavy (non-hydrogen) atoms. The van der Waals surface area contributed by atoms with E-state index in [-0.39, 0.29) is 0 Å². The maximum Gasteiger partial charge on any atom is -0.00212 e. The summed E-state index contributed by atoms with van der Waals surface area (Å²) in [6, 6.07) is 16.8. The number of rotatable bonds is 9. The van der Waals surface area contributed by atoms with E-state index in [9.17, 15) is 0 Å². The van der Waals surface area contributed by atoms with E-state index in [4.69, 9.17) is 0 Å². The van der Waals surface area contributed by atoms with Crippen LogP contribution in [0.3, 0.4) is 0 Å². The summed E-state index contributed by atoms with van der Waals surface area (Å²) in [4.78, 5) is 0. The lowest BCUT2D eigenvalue weighted by atomic mass is 9.85. The Hall–Kier alpha value is -2.08. The monoisotopic (exact) mass is 370 g/mol. The minimum Gasteiger partial charge on any atom is -0.0654 e. The van der Waals surface area contributed by atoms with Gasteiger partial charge in [0.25, 0.3) is 0 Å². The van der Waals surface area contributed by atoms with Crippen molar-refractivity contribution < 1.29 is 0 Å². The van der Waals surface area contributed by atoms with E-state index in [2.05, 4.69) is 63.2 Å². The Morgan fingerprint density at radius 2 is 0.964 bits per heavy atom. The summed E-state index contributed by atoms with van der Waals surface area (Å²) in [5, 5.41) is 8.93. The van der Waals surface area contributed by atoms with Crippen molar-refractivity contribution in [2.75, 3.05) is 0 Å². The van der Waals surface area contributed by atoms with Gasteiger partial charge in [0.15, 0.2) is 0 Å². The second kappa shape index (κ2) is 8.52. The van der Waals surface area contributed by atoms with Crippen LogP contribution in [0, 0.1) is 0 Å². The fourth-order valence-corrected chi connectivity index (χ4v) is 4.84. The summed E-state index contributed by atoms with van der Waals surface area (Å²) in [6.07, 6.45) is 11.2. The van der Waals surface area contributed by atoms with E-state index < -0.39 is 0 Å². The molecule has 0 heteroatoms. The molecule has 0 radical (unpaired) electrons. The quantitative estimate of drug-likeness (QED) is 0.259. The van der Waals surface area contributed by atoms with Gasteiger partial charge in [-0.25, -0.2) is 0 Å². The van der Waals surface area contributed by atoms with Gasteiger partial charge in [-0.1, -0.05) is 82.5 Å². The molecule has 4 aromatic carbocycles. The SMILES string of the molecule is CCCCc1ccc2ccc3c(CCCC)cc(CCCC)c4ccc1c2c34. The lowest BCUT2D eigenvalue weighted by molar-refractivity contribution is 0.786. The van der Waals surface area contributed by atoms with Crippen molar-refractivity contribution in [3.8, 4) is 0 Å². The minimum atomic E-state index is 1.19. The molecule has 0 atom stereocenters. The van der Waals surface area contributed by atoms with Crippen molar-refractivity contribution in [1.29, 1.82) is 0 Å². The maximum atomic E-state index is 2.53. The van der Waals surface area contributed by atoms with Crippen molar-refractivity contribution in [3.63, 3.8) is 0 Å². The summed E-state index contributed by atoms with van der Waals surface area (Å²) in [5.74, 6) is 0. The highest BCUT2D eigenvalue weighted by molar-refractivity contribution is 6.24. The zero-order valence-corrected chi connectivity index (χ0v) is 17.9. The summed E-state index contributed by atoms with van der Waals surface area (Å²) < 4.78 is 0. The molecule has 0 spiro atoms. The van der Waals surface area contributed by atoms with Gasteiger partial charge < -0.3 is 0 Å². The highest BCUT2D eigenvalue weighted by Crippen LogP contribution is 2.40. The van der Waals surface area contributed by atoms with E-state index in [1.54, 1.807) is 11.1 Å². The van der Waals surface area contributed by atoms with Crippen LogP contribution in [0.5, 0.6) is 0 Å². The van der Waals surface area contributed by atoms with Crippen LogP contribution in [-0.2, 0) is 19.3 Å². The average molecular weight is 371 g/mol. The second-order valence-electron chi connectivity index (χ2n) is 8.48. The lowest BCUT2D eigenvalue weighted by Gasteiger charge is -2.19. The van der Waals surface area contributed by atoms with E-state index >= 15 is 0 Å². The van der Waals surface area contributed by atoms with Crippen LogP contribution in [0.2, 0.25) is 0 Å². The first kappa shape index (κ1) is 19.2. The number of unbranched alkanes of at least 4 members (excludes halogenated alkanes) is 3. The van der Waals surface area contributed by atoms with Crippen molar-refractivity contribution in [3.05, 3.63) is 59.2 Å². The van der Waals surface area contributed by atoms with E-state index in [0.29, 0.717) is 0 Å². The van der Waals surface area contributed by atoms with Gasteiger partial charge in [-0.3, -0.25) is 0 Å². The minimum absolute atomic E-state index is 1.19. The molecule has 0 unspecified atom stereocenters. The fourth-order valence-electron chi connectivity index (χ4n) is 4.84. The third kappa shape index (κ3) is 3.39. The molecule has 0 aliphatic rings. The van der Waals surface area contributed by atoms with Crippen LogP contribution in [0.1, 0.15) is 76.0 Å². The second-order valence-corrected chi connectivity index (χ2v) is 8.48. The summed E-state index contributed by atoms with van der Waals surface area (Å²) in [7, 11) is 0. The maximum absolute atomic E-state index is 2.53. The third-order valence-corrected chi connectivity index (χ3v) is 6.44. The van der Waals surface area contributed by atoms with Crippen molar-refractivity contribution >= 4 is 32.3 Å². The molecule has 0 saturated carbocycles. The Bertz CT molecular complexity index is 1040. The van der Waals surface area contributed by atoms with Crippen molar-refractivity contribution in [2.24, 2.45) is 0 Å². The van der Waals surface area contributed by atoms with Gasteiger partial charge in [0, 0.05) is 0 Å². The third-order valence-electron chi connectivity index (χ3n) is 6.44. The number of hydrogen-bond acceptors (Lipinski definition) is 0. The molecule has 4 aromatic rings. The van der Waals surface area contributed by atoms with Gasteiger partial charge in [0.1, 0.15) is 0 Å². The van der Waals surface area contributed by atoms with Crippen LogP contribution in [0.4, 0.5) is 0 Å². The predicted molar refractivity (Wildman–Crippen MR) is 126 cm³/mol. The predicted octanol–water partition coefficient (Wildman–Crippen LogP) is 8.61. The molecule has 0 aliphatic carbocycles. The molecule has 0 aliphatic heterocycles. The topological polar surface area (TPSA) is 0 Å². The largest absolute Gasteiger partial charge is 0.0654 e. The van der Waals surface area contributed by atoms with Crippen molar-refractivity contribution in [1.82, 2.24) is 0 Å². The summed E-state index contributed by atoms with van der Waals surface area (Å²) in [5.41, 5.74) is 4.65. The zero-order valence-electron chi connectivity index (χ0n) is 17.9. The highest BCUT2D eigenvalue weighted by Gasteiger charge is 2.15. The molecule has 0 bridgehead atoms. The number of benzene rings is 4. The van der Waals surface area contributed by atoms with Gasteiger partial charge in [0.2, 0.25) is 0 Å². The molecule has 146 valence electrons. The normalized spacial score (nSPS) is 12.0. The first-order valence-electron chi connectivity index (χ1n) is 11.5. The van der Waals surface area contributed by atoms with Crippen LogP contribution in [0.25, 0.3) is 32.3 Å². The molecular weight excluding hydrogens is 336 g/mol. The fraction of sp³-hybridized carbons (Fsp3) is 0.429. The summed E-state index contributed by atoms with van der Waals surface area (Å²) in [6.45, 7) is 6.89. The number of aryl methyl sites for hydroxylation is 3. The van der Waals surface area contributed by atoms with E-state index in [1.165, 1.54) is 95.7 Å². The van der Waals surface area contributed by atoms with E-state index in [1.807, 2.05) is 0 Å².